The molecule has 0 aliphatic heterocycles. The third-order valence-corrected chi connectivity index (χ3v) is 14.1. The van der Waals surface area contributed by atoms with E-state index in [1.807, 2.05) is 0 Å². The lowest BCUT2D eigenvalue weighted by Gasteiger charge is -2.25. The summed E-state index contributed by atoms with van der Waals surface area (Å²) in [5.74, 6) is 0. The van der Waals surface area contributed by atoms with Crippen LogP contribution in [-0.4, -0.2) is 4.57 Å². The average molecular weight is 837 g/mol. The van der Waals surface area contributed by atoms with Crippen LogP contribution in [0.4, 0.5) is 17.1 Å². The van der Waals surface area contributed by atoms with Crippen LogP contribution in [0.5, 0.6) is 0 Å². The van der Waals surface area contributed by atoms with Crippen LogP contribution < -0.4 is 4.90 Å². The number of hydrogen-bond donors (Lipinski definition) is 0. The minimum absolute atomic E-state index is 1.12. The normalized spacial score (nSPS) is 11.9. The molecule has 2 heteroatoms. The van der Waals surface area contributed by atoms with Crippen LogP contribution in [0.2, 0.25) is 0 Å². The van der Waals surface area contributed by atoms with Crippen LogP contribution in [-0.2, 0) is 0 Å². The molecule has 1 heterocycles. The van der Waals surface area contributed by atoms with Crippen LogP contribution in [0.15, 0.2) is 243 Å². The number of aromatic nitrogens is 1. The number of fused-ring (bicyclic) bond motifs is 10. The second-order valence-corrected chi connectivity index (χ2v) is 17.6. The van der Waals surface area contributed by atoms with E-state index in [4.69, 9.17) is 0 Å². The van der Waals surface area contributed by atoms with Crippen molar-refractivity contribution in [2.24, 2.45) is 0 Å². The molecule has 0 amide bonds. The Morgan fingerprint density at radius 1 is 0.273 bits per heavy atom. The smallest absolute Gasteiger partial charge is 0.0620 e. The van der Waals surface area contributed by atoms with E-state index < -0.39 is 0 Å². The highest BCUT2D eigenvalue weighted by molar-refractivity contribution is 6.33. The predicted molar refractivity (Wildman–Crippen MR) is 283 cm³/mol. The molecule has 13 aromatic carbocycles. The zero-order valence-electron chi connectivity index (χ0n) is 36.0. The maximum absolute atomic E-state index is 2.49. The van der Waals surface area contributed by atoms with Gasteiger partial charge in [0.1, 0.15) is 0 Å². The second-order valence-electron chi connectivity index (χ2n) is 17.6. The van der Waals surface area contributed by atoms with Crippen molar-refractivity contribution in [1.29, 1.82) is 0 Å². The van der Waals surface area contributed by atoms with E-state index in [9.17, 15) is 0 Å². The first-order valence-electron chi connectivity index (χ1n) is 22.8. The molecule has 0 bridgehead atoms. The zero-order valence-corrected chi connectivity index (χ0v) is 36.0. The number of anilines is 3. The van der Waals surface area contributed by atoms with Gasteiger partial charge in [0.25, 0.3) is 0 Å². The fourth-order valence-electron chi connectivity index (χ4n) is 11.1. The molecule has 0 aliphatic rings. The van der Waals surface area contributed by atoms with Gasteiger partial charge in [-0.2, -0.15) is 0 Å². The first-order chi connectivity index (χ1) is 32.7. The molecule has 0 spiro atoms. The number of benzene rings is 13. The van der Waals surface area contributed by atoms with Crippen LogP contribution in [0, 0.1) is 0 Å². The first kappa shape index (κ1) is 36.7. The Bertz CT molecular complexity index is 4110. The lowest BCUT2D eigenvalue weighted by Crippen LogP contribution is -2.09. The van der Waals surface area contributed by atoms with Gasteiger partial charge in [-0.15, -0.1) is 0 Å². The van der Waals surface area contributed by atoms with E-state index in [0.29, 0.717) is 0 Å². The Morgan fingerprint density at radius 3 is 1.41 bits per heavy atom. The van der Waals surface area contributed by atoms with Gasteiger partial charge in [0, 0.05) is 38.9 Å². The minimum Gasteiger partial charge on any atom is -0.311 e. The van der Waals surface area contributed by atoms with E-state index in [1.165, 1.54) is 109 Å². The summed E-state index contributed by atoms with van der Waals surface area (Å²) in [6.45, 7) is 0. The van der Waals surface area contributed by atoms with Gasteiger partial charge in [-0.25, -0.2) is 0 Å². The zero-order chi connectivity index (χ0) is 43.3. The first-order valence-corrected chi connectivity index (χ1v) is 22.8. The third kappa shape index (κ3) is 5.49. The molecule has 0 unspecified atom stereocenters. The molecule has 0 fully saturated rings. The molecular weight excluding hydrogens is 797 g/mol. The van der Waals surface area contributed by atoms with Crippen LogP contribution in [0.3, 0.4) is 0 Å². The van der Waals surface area contributed by atoms with Gasteiger partial charge in [0.2, 0.25) is 0 Å². The summed E-state index contributed by atoms with van der Waals surface area (Å²) in [5, 5.41) is 17.9. The van der Waals surface area contributed by atoms with Crippen molar-refractivity contribution in [3.63, 3.8) is 0 Å². The highest BCUT2D eigenvalue weighted by Crippen LogP contribution is 2.46. The topological polar surface area (TPSA) is 8.17 Å². The second kappa shape index (κ2) is 14.4. The Morgan fingerprint density at radius 2 is 0.742 bits per heavy atom. The van der Waals surface area contributed by atoms with Crippen molar-refractivity contribution in [3.05, 3.63) is 243 Å². The van der Waals surface area contributed by atoms with Gasteiger partial charge in [0.05, 0.1) is 11.0 Å². The largest absolute Gasteiger partial charge is 0.311 e. The quantitative estimate of drug-likeness (QED) is 0.152. The molecule has 0 aliphatic carbocycles. The number of hydrogen-bond acceptors (Lipinski definition) is 1. The maximum atomic E-state index is 2.49. The van der Waals surface area contributed by atoms with Gasteiger partial charge in [-0.05, 0) is 154 Å². The van der Waals surface area contributed by atoms with Gasteiger partial charge in [-0.1, -0.05) is 170 Å². The summed E-state index contributed by atoms with van der Waals surface area (Å²) in [4.78, 5) is 2.32. The Labute approximate surface area is 381 Å². The van der Waals surface area contributed by atoms with E-state index in [-0.39, 0.29) is 0 Å². The van der Waals surface area contributed by atoms with E-state index in [1.54, 1.807) is 0 Å². The monoisotopic (exact) mass is 836 g/mol. The molecule has 14 rings (SSSR count). The van der Waals surface area contributed by atoms with Crippen molar-refractivity contribution in [2.75, 3.05) is 4.90 Å². The number of rotatable bonds is 6. The van der Waals surface area contributed by atoms with Crippen LogP contribution in [0.25, 0.3) is 114 Å². The summed E-state index contributed by atoms with van der Waals surface area (Å²) >= 11 is 0. The summed E-state index contributed by atoms with van der Waals surface area (Å²) in [7, 11) is 0. The highest BCUT2D eigenvalue weighted by Gasteiger charge is 2.21. The minimum atomic E-state index is 1.12. The molecule has 2 nitrogen and oxygen atoms in total. The van der Waals surface area contributed by atoms with Gasteiger partial charge < -0.3 is 9.47 Å². The Kier molecular flexibility index (Phi) is 8.02. The van der Waals surface area contributed by atoms with Crippen molar-refractivity contribution in [3.8, 4) is 27.9 Å². The molecule has 0 N–H and O–H groups in total. The van der Waals surface area contributed by atoms with Crippen molar-refractivity contribution >= 4 is 104 Å². The van der Waals surface area contributed by atoms with Gasteiger partial charge >= 0.3 is 0 Å². The third-order valence-electron chi connectivity index (χ3n) is 14.1. The Hall–Kier alpha value is -8.72. The van der Waals surface area contributed by atoms with Crippen LogP contribution in [0.1, 0.15) is 0 Å². The van der Waals surface area contributed by atoms with Gasteiger partial charge in [-0.3, -0.25) is 0 Å². The van der Waals surface area contributed by atoms with E-state index >= 15 is 0 Å². The van der Waals surface area contributed by atoms with E-state index in [2.05, 4.69) is 252 Å². The average Bonchev–Trinajstić information content (AvgIpc) is 3.72. The SMILES string of the molecule is c1ccc(N(c2ccccc2)c2ccc(-c3ccc4ccc5c6c(ccc3c46)cc3c4cc(-c6ccc7c8ccccc8c8ccccc8c7c6)ccc4n(-c4ccccc4)c35)cc2)cc1. The summed E-state index contributed by atoms with van der Waals surface area (Å²) < 4.78 is 2.49. The standard InChI is InChI=1S/C64H40N2/c1-4-14-46(15-5-1)65(47-16-6-2-7-17-47)49-31-24-41(25-32-49)50-33-26-42-27-36-57-63-45(29-35-56(50)62(42)63)40-60-59-39-44(30-37-61(59)66(64(57)60)48-18-8-3-9-19-48)43-28-34-55-53-22-11-10-20-51(53)52-21-12-13-23-54(52)58(55)38-43/h1-40H. The molecule has 1 aromatic heterocycles. The summed E-state index contributed by atoms with van der Waals surface area (Å²) in [5.41, 5.74) is 11.8. The highest BCUT2D eigenvalue weighted by atomic mass is 15.1. The fraction of sp³-hybridized carbons (Fsp3) is 0. The molecule has 0 atom stereocenters. The molecule has 14 aromatic rings. The number of para-hydroxylation sites is 3. The summed E-state index contributed by atoms with van der Waals surface area (Å²) in [6.07, 6.45) is 0. The lowest BCUT2D eigenvalue weighted by molar-refractivity contribution is 1.19. The van der Waals surface area contributed by atoms with E-state index in [0.717, 1.165) is 22.7 Å². The lowest BCUT2D eigenvalue weighted by atomic mass is 9.88. The van der Waals surface area contributed by atoms with Gasteiger partial charge in [0.15, 0.2) is 0 Å². The molecular formula is C64H40N2. The van der Waals surface area contributed by atoms with Crippen LogP contribution >= 0.6 is 0 Å². The van der Waals surface area contributed by atoms with Crippen molar-refractivity contribution in [2.45, 2.75) is 0 Å². The fourth-order valence-corrected chi connectivity index (χ4v) is 11.1. The maximum Gasteiger partial charge on any atom is 0.0620 e. The number of nitrogens with zero attached hydrogens (tertiary/aromatic N) is 2. The Balaban J connectivity index is 0.957. The summed E-state index contributed by atoms with van der Waals surface area (Å²) in [6, 6.07) is 89.4. The molecule has 0 saturated carbocycles. The predicted octanol–water partition coefficient (Wildman–Crippen LogP) is 17.9. The molecule has 66 heavy (non-hydrogen) atoms. The van der Waals surface area contributed by atoms with Crippen molar-refractivity contribution in [1.82, 2.24) is 4.57 Å². The molecule has 0 radical (unpaired) electrons. The molecule has 0 saturated heterocycles. The molecule has 306 valence electrons. The van der Waals surface area contributed by atoms with Crippen molar-refractivity contribution < 1.29 is 0 Å².